The Kier molecular flexibility index (Phi) is 3.88. The van der Waals surface area contributed by atoms with Gasteiger partial charge in [0.15, 0.2) is 5.82 Å². The molecule has 2 rings (SSSR count). The van der Waals surface area contributed by atoms with Gasteiger partial charge in [0.2, 0.25) is 0 Å². The van der Waals surface area contributed by atoms with Crippen LogP contribution in [-0.2, 0) is 13.6 Å². The van der Waals surface area contributed by atoms with E-state index in [9.17, 15) is 0 Å². The fraction of sp³-hybridized carbons (Fsp3) is 0.385. The predicted octanol–water partition coefficient (Wildman–Crippen LogP) is 1.71. The molecule has 0 amide bonds. The molecule has 0 saturated carbocycles. The summed E-state index contributed by atoms with van der Waals surface area (Å²) in [5, 5.41) is 7.60. The first kappa shape index (κ1) is 11.8. The van der Waals surface area contributed by atoms with Crippen LogP contribution in [0.5, 0.6) is 0 Å². The fourth-order valence-electron chi connectivity index (χ4n) is 1.76. The van der Waals surface area contributed by atoms with Crippen LogP contribution in [0.4, 0.5) is 0 Å². The summed E-state index contributed by atoms with van der Waals surface area (Å²) in [4.78, 5) is 4.17. The summed E-state index contributed by atoms with van der Waals surface area (Å²) in [5.74, 6) is 1.34. The minimum atomic E-state index is 0.500. The lowest BCUT2D eigenvalue weighted by molar-refractivity contribution is 0.595. The third-order valence-corrected chi connectivity index (χ3v) is 2.75. The van der Waals surface area contributed by atoms with E-state index >= 15 is 0 Å². The Morgan fingerprint density at radius 1 is 1.29 bits per heavy atom. The van der Waals surface area contributed by atoms with E-state index in [0.29, 0.717) is 5.92 Å². The van der Waals surface area contributed by atoms with Crippen molar-refractivity contribution in [1.82, 2.24) is 20.1 Å². The second-order valence-electron chi connectivity index (χ2n) is 4.28. The molecule has 4 nitrogen and oxygen atoms in total. The Balaban J connectivity index is 1.79. The molecule has 1 aromatic carbocycles. The van der Waals surface area contributed by atoms with Crippen molar-refractivity contribution >= 4 is 0 Å². The molecule has 0 saturated heterocycles. The SMILES string of the molecule is CC(CNCc1ncn(C)n1)c1ccccc1. The summed E-state index contributed by atoms with van der Waals surface area (Å²) < 4.78 is 1.72. The Hall–Kier alpha value is -1.68. The van der Waals surface area contributed by atoms with Gasteiger partial charge in [-0.05, 0) is 11.5 Å². The van der Waals surface area contributed by atoms with Crippen LogP contribution in [0.3, 0.4) is 0 Å². The number of benzene rings is 1. The molecule has 0 aliphatic rings. The monoisotopic (exact) mass is 230 g/mol. The van der Waals surface area contributed by atoms with Crippen LogP contribution in [0.2, 0.25) is 0 Å². The van der Waals surface area contributed by atoms with Gasteiger partial charge < -0.3 is 5.32 Å². The van der Waals surface area contributed by atoms with E-state index in [0.717, 1.165) is 18.9 Å². The summed E-state index contributed by atoms with van der Waals surface area (Å²) >= 11 is 0. The molecule has 2 aromatic rings. The molecular formula is C13H18N4. The minimum Gasteiger partial charge on any atom is -0.309 e. The first-order chi connectivity index (χ1) is 8.25. The molecule has 4 heteroatoms. The molecule has 1 N–H and O–H groups in total. The Bertz CT molecular complexity index is 449. The van der Waals surface area contributed by atoms with Crippen molar-refractivity contribution < 1.29 is 0 Å². The first-order valence-electron chi connectivity index (χ1n) is 5.86. The number of aromatic nitrogens is 3. The lowest BCUT2D eigenvalue weighted by atomic mass is 10.0. The molecule has 0 aliphatic heterocycles. The summed E-state index contributed by atoms with van der Waals surface area (Å²) in [5.41, 5.74) is 1.36. The smallest absolute Gasteiger partial charge is 0.164 e. The largest absolute Gasteiger partial charge is 0.309 e. The summed E-state index contributed by atoms with van der Waals surface area (Å²) in [6, 6.07) is 10.5. The van der Waals surface area contributed by atoms with Crippen molar-refractivity contribution in [2.45, 2.75) is 19.4 Å². The average Bonchev–Trinajstić information content (AvgIpc) is 2.76. The highest BCUT2D eigenvalue weighted by Gasteiger charge is 2.05. The highest BCUT2D eigenvalue weighted by molar-refractivity contribution is 5.18. The zero-order valence-electron chi connectivity index (χ0n) is 10.3. The maximum Gasteiger partial charge on any atom is 0.164 e. The molecule has 1 atom stereocenters. The van der Waals surface area contributed by atoms with Crippen molar-refractivity contribution in [2.75, 3.05) is 6.54 Å². The quantitative estimate of drug-likeness (QED) is 0.850. The third kappa shape index (κ3) is 3.39. The average molecular weight is 230 g/mol. The summed E-state index contributed by atoms with van der Waals surface area (Å²) in [6.45, 7) is 3.87. The molecule has 0 fully saturated rings. The van der Waals surface area contributed by atoms with Gasteiger partial charge in [0.25, 0.3) is 0 Å². The summed E-state index contributed by atoms with van der Waals surface area (Å²) in [7, 11) is 1.88. The molecule has 0 aliphatic carbocycles. The molecule has 17 heavy (non-hydrogen) atoms. The molecule has 0 bridgehead atoms. The van der Waals surface area contributed by atoms with Crippen LogP contribution < -0.4 is 5.32 Å². The number of hydrogen-bond donors (Lipinski definition) is 1. The van der Waals surface area contributed by atoms with Crippen molar-refractivity contribution in [3.05, 3.63) is 48.0 Å². The molecule has 1 unspecified atom stereocenters. The van der Waals surface area contributed by atoms with Crippen molar-refractivity contribution in [3.8, 4) is 0 Å². The van der Waals surface area contributed by atoms with E-state index in [-0.39, 0.29) is 0 Å². The summed E-state index contributed by atoms with van der Waals surface area (Å²) in [6.07, 6.45) is 1.72. The molecule has 0 radical (unpaired) electrons. The fourth-order valence-corrected chi connectivity index (χ4v) is 1.76. The van der Waals surface area contributed by atoms with Crippen LogP contribution in [0.1, 0.15) is 24.2 Å². The Labute approximate surface area is 102 Å². The lowest BCUT2D eigenvalue weighted by Gasteiger charge is -2.11. The zero-order chi connectivity index (χ0) is 12.1. The van der Waals surface area contributed by atoms with Gasteiger partial charge >= 0.3 is 0 Å². The van der Waals surface area contributed by atoms with E-state index in [2.05, 4.69) is 46.6 Å². The minimum absolute atomic E-state index is 0.500. The zero-order valence-corrected chi connectivity index (χ0v) is 10.3. The van der Waals surface area contributed by atoms with Crippen molar-refractivity contribution in [3.63, 3.8) is 0 Å². The van der Waals surface area contributed by atoms with E-state index in [1.807, 2.05) is 13.1 Å². The number of aryl methyl sites for hydroxylation is 1. The van der Waals surface area contributed by atoms with Crippen LogP contribution in [-0.4, -0.2) is 21.3 Å². The van der Waals surface area contributed by atoms with Gasteiger partial charge in [-0.25, -0.2) is 4.98 Å². The van der Waals surface area contributed by atoms with E-state index in [4.69, 9.17) is 0 Å². The molecule has 1 aromatic heterocycles. The van der Waals surface area contributed by atoms with E-state index < -0.39 is 0 Å². The van der Waals surface area contributed by atoms with Crippen LogP contribution in [0.15, 0.2) is 36.7 Å². The second kappa shape index (κ2) is 5.59. The molecule has 0 spiro atoms. The maximum absolute atomic E-state index is 4.22. The Morgan fingerprint density at radius 2 is 2.06 bits per heavy atom. The van der Waals surface area contributed by atoms with Gasteiger partial charge in [0.1, 0.15) is 6.33 Å². The van der Waals surface area contributed by atoms with Crippen LogP contribution in [0.25, 0.3) is 0 Å². The third-order valence-electron chi connectivity index (χ3n) is 2.75. The van der Waals surface area contributed by atoms with Gasteiger partial charge in [-0.2, -0.15) is 5.10 Å². The number of rotatable bonds is 5. The topological polar surface area (TPSA) is 42.7 Å². The number of hydrogen-bond acceptors (Lipinski definition) is 3. The highest BCUT2D eigenvalue weighted by atomic mass is 15.3. The number of nitrogens with zero attached hydrogens (tertiary/aromatic N) is 3. The van der Waals surface area contributed by atoms with Gasteiger partial charge in [-0.1, -0.05) is 37.3 Å². The van der Waals surface area contributed by atoms with E-state index in [1.54, 1.807) is 11.0 Å². The number of nitrogens with one attached hydrogen (secondary N) is 1. The molecular weight excluding hydrogens is 212 g/mol. The predicted molar refractivity (Wildman–Crippen MR) is 67.6 cm³/mol. The van der Waals surface area contributed by atoms with Gasteiger partial charge in [0, 0.05) is 13.6 Å². The standard InChI is InChI=1S/C13H18N4/c1-11(12-6-4-3-5-7-12)8-14-9-13-15-10-17(2)16-13/h3-7,10-11,14H,8-9H2,1-2H3. The van der Waals surface area contributed by atoms with E-state index in [1.165, 1.54) is 5.56 Å². The molecule has 90 valence electrons. The maximum atomic E-state index is 4.22. The highest BCUT2D eigenvalue weighted by Crippen LogP contribution is 2.12. The normalized spacial score (nSPS) is 12.6. The van der Waals surface area contributed by atoms with Crippen molar-refractivity contribution in [2.24, 2.45) is 7.05 Å². The Morgan fingerprint density at radius 3 is 2.71 bits per heavy atom. The lowest BCUT2D eigenvalue weighted by Crippen LogP contribution is -2.20. The van der Waals surface area contributed by atoms with Gasteiger partial charge in [-0.15, -0.1) is 0 Å². The second-order valence-corrected chi connectivity index (χ2v) is 4.28. The van der Waals surface area contributed by atoms with Crippen LogP contribution >= 0.6 is 0 Å². The first-order valence-corrected chi connectivity index (χ1v) is 5.86. The molecule has 1 heterocycles. The van der Waals surface area contributed by atoms with Gasteiger partial charge in [0.05, 0.1) is 6.54 Å². The van der Waals surface area contributed by atoms with Crippen molar-refractivity contribution in [1.29, 1.82) is 0 Å². The van der Waals surface area contributed by atoms with Gasteiger partial charge in [-0.3, -0.25) is 4.68 Å². The van der Waals surface area contributed by atoms with Crippen LogP contribution in [0, 0.1) is 0 Å².